The van der Waals surface area contributed by atoms with E-state index in [1.807, 2.05) is 6.92 Å². The third kappa shape index (κ3) is 2.73. The largest absolute Gasteiger partial charge is 0.478 e. The van der Waals surface area contributed by atoms with Crippen LogP contribution in [0.25, 0.3) is 0 Å². The molecule has 1 aromatic heterocycles. The summed E-state index contributed by atoms with van der Waals surface area (Å²) in [7, 11) is 0. The fraction of sp³-hybridized carbons (Fsp3) is 0.400. The summed E-state index contributed by atoms with van der Waals surface area (Å²) in [5.41, 5.74) is 0.396. The Morgan fingerprint density at radius 2 is 2.21 bits per heavy atom. The lowest BCUT2D eigenvalue weighted by Gasteiger charge is -2.00. The topological polar surface area (TPSA) is 70.2 Å². The quantitative estimate of drug-likeness (QED) is 0.763. The van der Waals surface area contributed by atoms with Crippen molar-refractivity contribution < 1.29 is 9.90 Å². The predicted octanol–water partition coefficient (Wildman–Crippen LogP) is 1.42. The molecule has 0 aromatic carbocycles. The maximum absolute atomic E-state index is 11.1. The van der Waals surface area contributed by atoms with E-state index < -0.39 is 5.97 Å². The number of H-pyrrole nitrogens is 1. The minimum absolute atomic E-state index is 0.0554. The standard InChI is InChI=1S/C10H13NO3/c1-2-3-4-8-5-7(10(13)14)6-9(12)11-8/h5-6H,2-4H2,1H3,(H,11,12)(H,13,14). The maximum Gasteiger partial charge on any atom is 0.335 e. The first-order valence-electron chi connectivity index (χ1n) is 4.60. The first-order valence-corrected chi connectivity index (χ1v) is 4.60. The van der Waals surface area contributed by atoms with Crippen LogP contribution in [0.4, 0.5) is 0 Å². The van der Waals surface area contributed by atoms with Crippen LogP contribution in [-0.2, 0) is 6.42 Å². The van der Waals surface area contributed by atoms with Gasteiger partial charge in [0.1, 0.15) is 0 Å². The third-order valence-corrected chi connectivity index (χ3v) is 1.95. The highest BCUT2D eigenvalue weighted by Gasteiger charge is 2.05. The van der Waals surface area contributed by atoms with Gasteiger partial charge in [0.15, 0.2) is 0 Å². The van der Waals surface area contributed by atoms with Gasteiger partial charge >= 0.3 is 5.97 Å². The number of nitrogens with one attached hydrogen (secondary N) is 1. The molecule has 0 amide bonds. The fourth-order valence-corrected chi connectivity index (χ4v) is 1.23. The van der Waals surface area contributed by atoms with Crippen molar-refractivity contribution in [2.24, 2.45) is 0 Å². The van der Waals surface area contributed by atoms with Gasteiger partial charge in [-0.05, 0) is 18.9 Å². The van der Waals surface area contributed by atoms with Crippen molar-refractivity contribution in [1.29, 1.82) is 0 Å². The molecule has 0 fully saturated rings. The molecule has 2 N–H and O–H groups in total. The zero-order chi connectivity index (χ0) is 10.6. The number of hydrogen-bond acceptors (Lipinski definition) is 2. The molecular formula is C10H13NO3. The van der Waals surface area contributed by atoms with Gasteiger partial charge in [0.2, 0.25) is 5.56 Å². The molecule has 0 unspecified atom stereocenters. The minimum Gasteiger partial charge on any atom is -0.478 e. The third-order valence-electron chi connectivity index (χ3n) is 1.95. The molecule has 0 aliphatic rings. The lowest BCUT2D eigenvalue weighted by molar-refractivity contribution is 0.0696. The number of aromatic nitrogens is 1. The average Bonchev–Trinajstić information content (AvgIpc) is 2.14. The maximum atomic E-state index is 11.1. The summed E-state index contributed by atoms with van der Waals surface area (Å²) in [6, 6.07) is 2.61. The Morgan fingerprint density at radius 1 is 1.50 bits per heavy atom. The molecule has 76 valence electrons. The summed E-state index contributed by atoms with van der Waals surface area (Å²) in [6.45, 7) is 2.04. The van der Waals surface area contributed by atoms with E-state index in [-0.39, 0.29) is 11.1 Å². The number of unbranched alkanes of at least 4 members (excludes halogenated alkanes) is 1. The van der Waals surface area contributed by atoms with Gasteiger partial charge in [-0.15, -0.1) is 0 Å². The molecular weight excluding hydrogens is 182 g/mol. The number of aromatic amines is 1. The first kappa shape index (κ1) is 10.5. The Kier molecular flexibility index (Phi) is 3.45. The van der Waals surface area contributed by atoms with Crippen molar-refractivity contribution in [3.05, 3.63) is 33.7 Å². The molecule has 0 bridgehead atoms. The summed E-state index contributed by atoms with van der Waals surface area (Å²) < 4.78 is 0. The normalized spacial score (nSPS) is 10.1. The number of hydrogen-bond donors (Lipinski definition) is 2. The number of carboxylic acid groups (broad SMARTS) is 1. The van der Waals surface area contributed by atoms with Crippen LogP contribution in [0.15, 0.2) is 16.9 Å². The van der Waals surface area contributed by atoms with Gasteiger partial charge in [-0.1, -0.05) is 13.3 Å². The van der Waals surface area contributed by atoms with E-state index >= 15 is 0 Å². The Bertz CT molecular complexity index is 381. The van der Waals surface area contributed by atoms with Crippen LogP contribution in [0.5, 0.6) is 0 Å². The van der Waals surface area contributed by atoms with E-state index in [1.165, 1.54) is 6.07 Å². The molecule has 14 heavy (non-hydrogen) atoms. The van der Waals surface area contributed by atoms with E-state index in [4.69, 9.17) is 5.11 Å². The zero-order valence-electron chi connectivity index (χ0n) is 8.04. The van der Waals surface area contributed by atoms with Crippen LogP contribution in [0.2, 0.25) is 0 Å². The van der Waals surface area contributed by atoms with Crippen molar-refractivity contribution in [2.45, 2.75) is 26.2 Å². The number of carbonyl (C=O) groups is 1. The van der Waals surface area contributed by atoms with Crippen LogP contribution >= 0.6 is 0 Å². The number of aromatic carboxylic acids is 1. The Morgan fingerprint density at radius 3 is 2.79 bits per heavy atom. The molecule has 4 nitrogen and oxygen atoms in total. The van der Waals surface area contributed by atoms with Crippen molar-refractivity contribution in [2.75, 3.05) is 0 Å². The second-order valence-electron chi connectivity index (χ2n) is 3.17. The van der Waals surface area contributed by atoms with E-state index in [9.17, 15) is 9.59 Å². The zero-order valence-corrected chi connectivity index (χ0v) is 8.04. The monoisotopic (exact) mass is 195 g/mol. The lowest BCUT2D eigenvalue weighted by atomic mass is 10.1. The molecule has 0 aliphatic carbocycles. The van der Waals surface area contributed by atoms with E-state index in [0.717, 1.165) is 18.9 Å². The summed E-state index contributed by atoms with van der Waals surface area (Å²) in [5.74, 6) is -1.06. The highest BCUT2D eigenvalue weighted by atomic mass is 16.4. The predicted molar refractivity (Wildman–Crippen MR) is 52.6 cm³/mol. The van der Waals surface area contributed by atoms with Gasteiger partial charge in [0.05, 0.1) is 5.56 Å². The molecule has 0 saturated heterocycles. The molecule has 4 heteroatoms. The second-order valence-corrected chi connectivity index (χ2v) is 3.17. The highest BCUT2D eigenvalue weighted by Crippen LogP contribution is 2.03. The average molecular weight is 195 g/mol. The molecule has 1 heterocycles. The van der Waals surface area contributed by atoms with Gasteiger partial charge in [0, 0.05) is 11.8 Å². The van der Waals surface area contributed by atoms with E-state index in [0.29, 0.717) is 12.1 Å². The van der Waals surface area contributed by atoms with Crippen LogP contribution < -0.4 is 5.56 Å². The lowest BCUT2D eigenvalue weighted by Crippen LogP contribution is -2.12. The van der Waals surface area contributed by atoms with Crippen LogP contribution in [0, 0.1) is 0 Å². The van der Waals surface area contributed by atoms with Crippen LogP contribution in [0.3, 0.4) is 0 Å². The summed E-state index contributed by atoms with van der Waals surface area (Å²) in [4.78, 5) is 24.3. The van der Waals surface area contributed by atoms with Gasteiger partial charge in [0.25, 0.3) is 0 Å². The van der Waals surface area contributed by atoms with Crippen molar-refractivity contribution >= 4 is 5.97 Å². The van der Waals surface area contributed by atoms with Gasteiger partial charge in [-0.3, -0.25) is 4.79 Å². The molecule has 1 aromatic rings. The Hall–Kier alpha value is -1.58. The molecule has 1 rings (SSSR count). The number of pyridine rings is 1. The van der Waals surface area contributed by atoms with Crippen molar-refractivity contribution in [1.82, 2.24) is 4.98 Å². The fourth-order valence-electron chi connectivity index (χ4n) is 1.23. The van der Waals surface area contributed by atoms with Crippen LogP contribution in [-0.4, -0.2) is 16.1 Å². The second kappa shape index (κ2) is 4.60. The highest BCUT2D eigenvalue weighted by molar-refractivity contribution is 5.87. The Labute approximate surface area is 81.6 Å². The molecule has 0 aliphatic heterocycles. The number of carboxylic acids is 1. The SMILES string of the molecule is CCCCc1cc(C(=O)O)cc(=O)[nH]1. The minimum atomic E-state index is -1.06. The van der Waals surface area contributed by atoms with E-state index in [2.05, 4.69) is 4.98 Å². The molecule has 0 atom stereocenters. The molecule has 0 saturated carbocycles. The smallest absolute Gasteiger partial charge is 0.335 e. The summed E-state index contributed by atoms with van der Waals surface area (Å²) in [5, 5.41) is 8.71. The first-order chi connectivity index (χ1) is 6.63. The molecule has 0 radical (unpaired) electrons. The molecule has 0 spiro atoms. The number of rotatable bonds is 4. The summed E-state index contributed by atoms with van der Waals surface area (Å²) in [6.07, 6.45) is 2.67. The Balaban J connectivity index is 2.95. The van der Waals surface area contributed by atoms with E-state index in [1.54, 1.807) is 0 Å². The van der Waals surface area contributed by atoms with Crippen LogP contribution in [0.1, 0.15) is 35.8 Å². The van der Waals surface area contributed by atoms with Crippen molar-refractivity contribution in [3.63, 3.8) is 0 Å². The van der Waals surface area contributed by atoms with Crippen molar-refractivity contribution in [3.8, 4) is 0 Å². The van der Waals surface area contributed by atoms with Gasteiger partial charge < -0.3 is 10.1 Å². The summed E-state index contributed by atoms with van der Waals surface area (Å²) >= 11 is 0. The number of aryl methyl sites for hydroxylation is 1. The van der Waals surface area contributed by atoms with Gasteiger partial charge in [-0.25, -0.2) is 4.79 Å². The van der Waals surface area contributed by atoms with Gasteiger partial charge in [-0.2, -0.15) is 0 Å².